The van der Waals surface area contributed by atoms with Crippen LogP contribution >= 0.6 is 0 Å². The zero-order valence-electron chi connectivity index (χ0n) is 20.3. The van der Waals surface area contributed by atoms with Crippen molar-refractivity contribution in [1.29, 1.82) is 0 Å². The number of nitrogens with zero attached hydrogens (tertiary/aromatic N) is 3. The van der Waals surface area contributed by atoms with E-state index < -0.39 is 11.7 Å². The number of halogens is 4. The molecule has 6 rings (SSSR count). The molecule has 0 spiro atoms. The molecule has 0 saturated carbocycles. The fourth-order valence-corrected chi connectivity index (χ4v) is 4.65. The van der Waals surface area contributed by atoms with Crippen LogP contribution in [0.5, 0.6) is 0 Å². The first-order valence-corrected chi connectivity index (χ1v) is 12.1. The molecule has 0 aliphatic carbocycles. The summed E-state index contributed by atoms with van der Waals surface area (Å²) in [7, 11) is 0. The van der Waals surface area contributed by atoms with Gasteiger partial charge in [-0.1, -0.05) is 59.8 Å². The SMILES string of the molecule is Fc1ccc(-c2noc(-c3cccc(-c4c(Cc5ccccc5)cnc5c(C(F)(F)F)cccc45)c3)n2)cc1. The number of benzene rings is 4. The molecule has 0 amide bonds. The summed E-state index contributed by atoms with van der Waals surface area (Å²) in [6.07, 6.45) is -2.55. The molecule has 0 fully saturated rings. The second kappa shape index (κ2) is 9.79. The summed E-state index contributed by atoms with van der Waals surface area (Å²) in [5.74, 6) is 0.152. The zero-order chi connectivity index (χ0) is 27.0. The van der Waals surface area contributed by atoms with E-state index in [1.165, 1.54) is 24.4 Å². The molecular formula is C31H19F4N3O. The molecule has 8 heteroatoms. The maximum atomic E-state index is 13.9. The highest BCUT2D eigenvalue weighted by Gasteiger charge is 2.33. The van der Waals surface area contributed by atoms with E-state index in [9.17, 15) is 17.6 Å². The van der Waals surface area contributed by atoms with Crippen molar-refractivity contribution >= 4 is 10.9 Å². The fraction of sp³-hybridized carbons (Fsp3) is 0.0645. The molecule has 0 aliphatic heterocycles. The minimum Gasteiger partial charge on any atom is -0.334 e. The van der Waals surface area contributed by atoms with Crippen LogP contribution in [0.25, 0.3) is 44.9 Å². The molecule has 2 aromatic heterocycles. The van der Waals surface area contributed by atoms with Crippen molar-refractivity contribution in [2.24, 2.45) is 0 Å². The van der Waals surface area contributed by atoms with Crippen molar-refractivity contribution in [3.63, 3.8) is 0 Å². The third-order valence-electron chi connectivity index (χ3n) is 6.45. The van der Waals surface area contributed by atoms with Crippen molar-refractivity contribution < 1.29 is 22.1 Å². The first kappa shape index (κ1) is 24.5. The van der Waals surface area contributed by atoms with Gasteiger partial charge in [-0.25, -0.2) is 4.39 Å². The van der Waals surface area contributed by atoms with E-state index in [1.54, 1.807) is 30.3 Å². The minimum atomic E-state index is -4.55. The molecule has 0 atom stereocenters. The van der Waals surface area contributed by atoms with Gasteiger partial charge >= 0.3 is 6.18 Å². The second-order valence-electron chi connectivity index (χ2n) is 9.03. The summed E-state index contributed by atoms with van der Waals surface area (Å²) < 4.78 is 60.4. The van der Waals surface area contributed by atoms with Crippen LogP contribution in [0.4, 0.5) is 17.6 Å². The smallest absolute Gasteiger partial charge is 0.334 e. The van der Waals surface area contributed by atoms with E-state index >= 15 is 0 Å². The van der Waals surface area contributed by atoms with Crippen molar-refractivity contribution in [2.45, 2.75) is 12.6 Å². The first-order chi connectivity index (χ1) is 18.9. The number of hydrogen-bond acceptors (Lipinski definition) is 4. The maximum Gasteiger partial charge on any atom is 0.418 e. The number of pyridine rings is 1. The summed E-state index contributed by atoms with van der Waals surface area (Å²) in [6, 6.07) is 26.7. The zero-order valence-corrected chi connectivity index (χ0v) is 20.3. The fourth-order valence-electron chi connectivity index (χ4n) is 4.65. The Balaban J connectivity index is 1.49. The lowest BCUT2D eigenvalue weighted by molar-refractivity contribution is -0.136. The Bertz CT molecular complexity index is 1780. The summed E-state index contributed by atoms with van der Waals surface area (Å²) in [6.45, 7) is 0. The maximum absolute atomic E-state index is 13.9. The van der Waals surface area contributed by atoms with Crippen molar-refractivity contribution in [2.75, 3.05) is 0 Å². The molecule has 0 saturated heterocycles. The van der Waals surface area contributed by atoms with E-state index in [-0.39, 0.29) is 17.2 Å². The van der Waals surface area contributed by atoms with E-state index in [0.29, 0.717) is 39.9 Å². The topological polar surface area (TPSA) is 51.8 Å². The number of fused-ring (bicyclic) bond motifs is 1. The number of alkyl halides is 3. The van der Waals surface area contributed by atoms with Gasteiger partial charge in [0.1, 0.15) is 5.82 Å². The Labute approximate surface area is 220 Å². The quantitative estimate of drug-likeness (QED) is 0.212. The summed E-state index contributed by atoms with van der Waals surface area (Å²) in [5, 5.41) is 4.41. The van der Waals surface area contributed by atoms with Crippen LogP contribution in [0.3, 0.4) is 0 Å². The lowest BCUT2D eigenvalue weighted by atomic mass is 9.91. The largest absolute Gasteiger partial charge is 0.418 e. The molecule has 6 aromatic rings. The molecule has 39 heavy (non-hydrogen) atoms. The summed E-state index contributed by atoms with van der Waals surface area (Å²) in [4.78, 5) is 8.72. The molecule has 192 valence electrons. The normalized spacial score (nSPS) is 11.7. The predicted octanol–water partition coefficient (Wildman–Crippen LogP) is 8.37. The van der Waals surface area contributed by atoms with E-state index in [4.69, 9.17) is 4.52 Å². The highest BCUT2D eigenvalue weighted by molar-refractivity contribution is 5.98. The van der Waals surface area contributed by atoms with Crippen LogP contribution in [0, 0.1) is 5.82 Å². The van der Waals surface area contributed by atoms with Crippen molar-refractivity contribution in [3.05, 3.63) is 126 Å². The standard InChI is InChI=1S/C31H19F4N3O/c32-24-14-12-20(13-15-24)29-37-30(39-38-29)22-9-4-8-21(17-22)27-23(16-19-6-2-1-3-7-19)18-36-28-25(27)10-5-11-26(28)31(33,34)35/h1-15,17-18H,16H2. The van der Waals surface area contributed by atoms with Gasteiger partial charge in [0.05, 0.1) is 11.1 Å². The Morgan fingerprint density at radius 1 is 0.744 bits per heavy atom. The molecule has 2 heterocycles. The lowest BCUT2D eigenvalue weighted by Gasteiger charge is -2.16. The van der Waals surface area contributed by atoms with Crippen LogP contribution in [0.1, 0.15) is 16.7 Å². The summed E-state index contributed by atoms with van der Waals surface area (Å²) >= 11 is 0. The number of rotatable bonds is 5. The van der Waals surface area contributed by atoms with Gasteiger partial charge in [-0.05, 0) is 71.1 Å². The predicted molar refractivity (Wildman–Crippen MR) is 140 cm³/mol. The van der Waals surface area contributed by atoms with E-state index in [2.05, 4.69) is 15.1 Å². The number of aromatic nitrogens is 3. The molecule has 0 unspecified atom stereocenters. The first-order valence-electron chi connectivity index (χ1n) is 12.1. The average Bonchev–Trinajstić information content (AvgIpc) is 3.44. The van der Waals surface area contributed by atoms with Crippen molar-refractivity contribution in [1.82, 2.24) is 15.1 Å². The Morgan fingerprint density at radius 3 is 2.26 bits per heavy atom. The third kappa shape index (κ3) is 4.88. The highest BCUT2D eigenvalue weighted by atomic mass is 19.4. The molecule has 0 N–H and O–H groups in total. The highest BCUT2D eigenvalue weighted by Crippen LogP contribution is 2.39. The average molecular weight is 526 g/mol. The summed E-state index contributed by atoms with van der Waals surface area (Å²) in [5.41, 5.74) is 3.40. The van der Waals surface area contributed by atoms with Crippen LogP contribution in [0.2, 0.25) is 0 Å². The lowest BCUT2D eigenvalue weighted by Crippen LogP contribution is -2.07. The van der Waals surface area contributed by atoms with Gasteiger partial charge in [0.25, 0.3) is 5.89 Å². The monoisotopic (exact) mass is 525 g/mol. The molecular weight excluding hydrogens is 506 g/mol. The Morgan fingerprint density at radius 2 is 1.49 bits per heavy atom. The Kier molecular flexibility index (Phi) is 6.15. The van der Waals surface area contributed by atoms with Gasteiger partial charge in [-0.15, -0.1) is 0 Å². The van der Waals surface area contributed by atoms with Crippen molar-refractivity contribution in [3.8, 4) is 34.0 Å². The van der Waals surface area contributed by atoms with Crippen LogP contribution in [0.15, 0.2) is 108 Å². The van der Waals surface area contributed by atoms with Crippen LogP contribution < -0.4 is 0 Å². The number of hydrogen-bond donors (Lipinski definition) is 0. The van der Waals surface area contributed by atoms with Gasteiger partial charge in [0.15, 0.2) is 0 Å². The molecule has 0 radical (unpaired) electrons. The molecule has 0 aliphatic rings. The van der Waals surface area contributed by atoms with Gasteiger partial charge in [-0.2, -0.15) is 18.2 Å². The second-order valence-corrected chi connectivity index (χ2v) is 9.03. The molecule has 4 aromatic carbocycles. The minimum absolute atomic E-state index is 0.112. The van der Waals surface area contributed by atoms with Gasteiger partial charge in [0.2, 0.25) is 5.82 Å². The third-order valence-corrected chi connectivity index (χ3v) is 6.45. The Hall–Kier alpha value is -4.85. The van der Waals surface area contributed by atoms with Gasteiger partial charge in [0, 0.05) is 22.7 Å². The van der Waals surface area contributed by atoms with E-state index in [1.807, 2.05) is 42.5 Å². The number of para-hydroxylation sites is 1. The van der Waals surface area contributed by atoms with Gasteiger partial charge < -0.3 is 4.52 Å². The van der Waals surface area contributed by atoms with Gasteiger partial charge in [-0.3, -0.25) is 4.98 Å². The van der Waals surface area contributed by atoms with Crippen LogP contribution in [-0.4, -0.2) is 15.1 Å². The van der Waals surface area contributed by atoms with E-state index in [0.717, 1.165) is 17.2 Å². The molecule has 4 nitrogen and oxygen atoms in total. The molecule has 0 bridgehead atoms. The van der Waals surface area contributed by atoms with Crippen LogP contribution in [-0.2, 0) is 12.6 Å².